The third kappa shape index (κ3) is 3.47. The van der Waals surface area contributed by atoms with Crippen LogP contribution in [0, 0.1) is 29.3 Å². The van der Waals surface area contributed by atoms with Crippen LogP contribution in [0.5, 0.6) is 0 Å². The molecule has 0 aliphatic carbocycles. The molecule has 0 unspecified atom stereocenters. The minimum atomic E-state index is -1.78. The van der Waals surface area contributed by atoms with Crippen molar-refractivity contribution in [3.63, 3.8) is 0 Å². The summed E-state index contributed by atoms with van der Waals surface area (Å²) in [4.78, 5) is 19.7. The lowest BCUT2D eigenvalue weighted by molar-refractivity contribution is -0.130. The SMILES string of the molecule is C[C@@H]1CN(CC(N)=O)C[C@H](C)[C@@]1(O)c1c(F)cc(-c2ccnc3[nH]cc(F)c23)cc1F. The normalized spacial score (nSPS) is 24.6. The van der Waals surface area contributed by atoms with E-state index < -0.39 is 46.4 Å². The third-order valence-electron chi connectivity index (χ3n) is 6.23. The van der Waals surface area contributed by atoms with Crippen LogP contribution in [0.15, 0.2) is 30.6 Å². The molecule has 6 nitrogen and oxygen atoms in total. The zero-order valence-electron chi connectivity index (χ0n) is 17.1. The molecule has 0 radical (unpaired) electrons. The van der Waals surface area contributed by atoms with Gasteiger partial charge in [-0.05, 0) is 29.3 Å². The van der Waals surface area contributed by atoms with Crippen molar-refractivity contribution in [3.8, 4) is 11.1 Å². The van der Waals surface area contributed by atoms with Gasteiger partial charge >= 0.3 is 0 Å². The Hall–Kier alpha value is -2.91. The maximum atomic E-state index is 15.3. The molecule has 3 atom stereocenters. The van der Waals surface area contributed by atoms with Gasteiger partial charge in [0.2, 0.25) is 5.91 Å². The first-order chi connectivity index (χ1) is 14.6. The van der Waals surface area contributed by atoms with Gasteiger partial charge in [-0.2, -0.15) is 0 Å². The summed E-state index contributed by atoms with van der Waals surface area (Å²) in [6, 6.07) is 3.69. The highest BCUT2D eigenvalue weighted by molar-refractivity contribution is 5.93. The number of H-pyrrole nitrogens is 1. The molecule has 1 amide bonds. The Morgan fingerprint density at radius 1 is 1.23 bits per heavy atom. The van der Waals surface area contributed by atoms with Crippen LogP contribution in [-0.2, 0) is 10.4 Å². The van der Waals surface area contributed by atoms with Crippen LogP contribution in [0.3, 0.4) is 0 Å². The molecule has 3 aromatic rings. The van der Waals surface area contributed by atoms with E-state index in [9.17, 15) is 14.3 Å². The molecule has 4 rings (SSSR count). The van der Waals surface area contributed by atoms with E-state index in [1.54, 1.807) is 18.7 Å². The van der Waals surface area contributed by atoms with E-state index in [4.69, 9.17) is 5.73 Å². The number of carbonyl (C=O) groups excluding carboxylic acids is 1. The average Bonchev–Trinajstić information content (AvgIpc) is 3.06. The second-order valence-corrected chi connectivity index (χ2v) is 8.32. The summed E-state index contributed by atoms with van der Waals surface area (Å²) in [5.74, 6) is -4.06. The molecule has 1 aliphatic rings. The van der Waals surface area contributed by atoms with Crippen LogP contribution in [0.4, 0.5) is 13.2 Å². The maximum Gasteiger partial charge on any atom is 0.231 e. The van der Waals surface area contributed by atoms with Gasteiger partial charge in [-0.3, -0.25) is 9.69 Å². The van der Waals surface area contributed by atoms with Gasteiger partial charge < -0.3 is 15.8 Å². The van der Waals surface area contributed by atoms with Gasteiger partial charge in [0.1, 0.15) is 22.9 Å². The van der Waals surface area contributed by atoms with Gasteiger partial charge in [0.25, 0.3) is 0 Å². The van der Waals surface area contributed by atoms with Gasteiger partial charge in [0, 0.05) is 37.3 Å². The Bertz CT molecular complexity index is 1130. The number of fused-ring (bicyclic) bond motifs is 1. The predicted octanol–water partition coefficient (Wildman–Crippen LogP) is 2.91. The van der Waals surface area contributed by atoms with Crippen LogP contribution in [0.2, 0.25) is 0 Å². The highest BCUT2D eigenvalue weighted by atomic mass is 19.1. The number of nitrogens with two attached hydrogens (primary N) is 1. The molecule has 0 spiro atoms. The van der Waals surface area contributed by atoms with Crippen molar-refractivity contribution in [2.45, 2.75) is 19.4 Å². The standard InChI is InChI=1S/C22H23F3N4O2/c1-11-8-29(10-18(26)30)9-12(2)22(11,31)20-15(23)5-13(6-16(20)24)14-3-4-27-21-19(14)17(25)7-28-21/h3-7,11-12,31H,8-10H2,1-2H3,(H2,26,30)(H,27,28)/t11-,12+,22-. The lowest BCUT2D eigenvalue weighted by Gasteiger charge is -2.48. The zero-order chi connectivity index (χ0) is 22.5. The summed E-state index contributed by atoms with van der Waals surface area (Å²) in [6.45, 7) is 3.87. The van der Waals surface area contributed by atoms with E-state index in [0.717, 1.165) is 18.3 Å². The highest BCUT2D eigenvalue weighted by Crippen LogP contribution is 2.44. The van der Waals surface area contributed by atoms with Gasteiger partial charge in [-0.15, -0.1) is 0 Å². The van der Waals surface area contributed by atoms with Crippen LogP contribution >= 0.6 is 0 Å². The average molecular weight is 432 g/mol. The van der Waals surface area contributed by atoms with Crippen molar-refractivity contribution in [3.05, 3.63) is 53.6 Å². The number of halogens is 3. The largest absolute Gasteiger partial charge is 0.384 e. The highest BCUT2D eigenvalue weighted by Gasteiger charge is 2.49. The summed E-state index contributed by atoms with van der Waals surface area (Å²) in [5.41, 5.74) is 3.75. The molecule has 1 saturated heterocycles. The number of nitrogens with one attached hydrogen (secondary N) is 1. The second kappa shape index (κ2) is 7.65. The van der Waals surface area contributed by atoms with Gasteiger partial charge in [0.15, 0.2) is 5.82 Å². The van der Waals surface area contributed by atoms with Gasteiger partial charge in [0.05, 0.1) is 17.5 Å². The van der Waals surface area contributed by atoms with E-state index >= 15 is 8.78 Å². The Kier molecular flexibility index (Phi) is 5.26. The Labute approximate surface area is 176 Å². The molecule has 4 N–H and O–H groups in total. The van der Waals surface area contributed by atoms with Crippen molar-refractivity contribution in [1.29, 1.82) is 0 Å². The summed E-state index contributed by atoms with van der Waals surface area (Å²) in [5, 5.41) is 11.6. The lowest BCUT2D eigenvalue weighted by atomic mass is 9.70. The number of hydrogen-bond donors (Lipinski definition) is 3. The molecule has 1 aliphatic heterocycles. The molecule has 0 bridgehead atoms. The summed E-state index contributed by atoms with van der Waals surface area (Å²) >= 11 is 0. The topological polar surface area (TPSA) is 95.2 Å². The summed E-state index contributed by atoms with van der Waals surface area (Å²) in [7, 11) is 0. The first-order valence-corrected chi connectivity index (χ1v) is 9.97. The number of nitrogens with zero attached hydrogens (tertiary/aromatic N) is 2. The second-order valence-electron chi connectivity index (χ2n) is 8.32. The van der Waals surface area contributed by atoms with Crippen LogP contribution in [0.25, 0.3) is 22.2 Å². The monoisotopic (exact) mass is 432 g/mol. The van der Waals surface area contributed by atoms with Crippen molar-refractivity contribution in [2.24, 2.45) is 17.6 Å². The van der Waals surface area contributed by atoms with Crippen molar-refractivity contribution < 1.29 is 23.1 Å². The van der Waals surface area contributed by atoms with Crippen LogP contribution in [0.1, 0.15) is 19.4 Å². The molecule has 31 heavy (non-hydrogen) atoms. The number of hydrogen-bond acceptors (Lipinski definition) is 4. The first-order valence-electron chi connectivity index (χ1n) is 9.97. The Balaban J connectivity index is 1.77. The quantitative estimate of drug-likeness (QED) is 0.591. The number of aromatic amines is 1. The molecule has 0 saturated carbocycles. The minimum absolute atomic E-state index is 0.00886. The fraction of sp³-hybridized carbons (Fsp3) is 0.364. The predicted molar refractivity (Wildman–Crippen MR) is 109 cm³/mol. The number of aliphatic hydroxyl groups is 1. The number of pyridine rings is 1. The molecule has 1 fully saturated rings. The number of rotatable bonds is 4. The number of likely N-dealkylation sites (tertiary alicyclic amines) is 1. The molecule has 3 heterocycles. The Morgan fingerprint density at radius 3 is 2.42 bits per heavy atom. The summed E-state index contributed by atoms with van der Waals surface area (Å²) in [6.07, 6.45) is 2.55. The number of carbonyl (C=O) groups is 1. The minimum Gasteiger partial charge on any atom is -0.384 e. The molecule has 2 aromatic heterocycles. The fourth-order valence-corrected chi connectivity index (χ4v) is 4.82. The number of piperidine rings is 1. The van der Waals surface area contributed by atoms with E-state index in [1.807, 2.05) is 0 Å². The van der Waals surface area contributed by atoms with E-state index in [-0.39, 0.29) is 41.8 Å². The van der Waals surface area contributed by atoms with E-state index in [0.29, 0.717) is 0 Å². The lowest BCUT2D eigenvalue weighted by Crippen LogP contribution is -2.56. The van der Waals surface area contributed by atoms with Crippen LogP contribution in [-0.4, -0.2) is 45.5 Å². The number of amides is 1. The van der Waals surface area contributed by atoms with E-state index in [2.05, 4.69) is 9.97 Å². The molecule has 164 valence electrons. The number of primary amides is 1. The summed E-state index contributed by atoms with van der Waals surface area (Å²) < 4.78 is 44.8. The maximum absolute atomic E-state index is 15.3. The van der Waals surface area contributed by atoms with Crippen molar-refractivity contribution >= 4 is 16.9 Å². The zero-order valence-corrected chi connectivity index (χ0v) is 17.1. The molecular formula is C22H23F3N4O2. The van der Waals surface area contributed by atoms with E-state index in [1.165, 1.54) is 12.3 Å². The van der Waals surface area contributed by atoms with Crippen LogP contribution < -0.4 is 5.73 Å². The smallest absolute Gasteiger partial charge is 0.231 e. The van der Waals surface area contributed by atoms with Crippen molar-refractivity contribution in [2.75, 3.05) is 19.6 Å². The van der Waals surface area contributed by atoms with Gasteiger partial charge in [-0.25, -0.2) is 18.2 Å². The fourth-order valence-electron chi connectivity index (χ4n) is 4.82. The number of aromatic nitrogens is 2. The Morgan fingerprint density at radius 2 is 1.84 bits per heavy atom. The molecular weight excluding hydrogens is 409 g/mol. The molecule has 1 aromatic carbocycles. The molecule has 9 heteroatoms. The number of benzene rings is 1. The third-order valence-corrected chi connectivity index (χ3v) is 6.23. The van der Waals surface area contributed by atoms with Crippen molar-refractivity contribution in [1.82, 2.24) is 14.9 Å². The van der Waals surface area contributed by atoms with Gasteiger partial charge in [-0.1, -0.05) is 13.8 Å². The first kappa shape index (κ1) is 21.3.